The van der Waals surface area contributed by atoms with Crippen molar-refractivity contribution < 1.29 is 19.1 Å². The molecule has 1 fully saturated rings. The summed E-state index contributed by atoms with van der Waals surface area (Å²) in [5.74, 6) is 0.873. The molecule has 0 radical (unpaired) electrons. The SMILES string of the molecule is O=C(Nc1ccc(Br)cc1)C1CC(=O)N(Cc2ccc3c(c2)OCO3)C(=Nc2ccc(Cl)cc2)S1. The number of fused-ring (bicyclic) bond motifs is 1. The van der Waals surface area contributed by atoms with Gasteiger partial charge in [0.2, 0.25) is 18.6 Å². The van der Waals surface area contributed by atoms with Crippen LogP contribution < -0.4 is 14.8 Å². The van der Waals surface area contributed by atoms with Crippen LogP contribution in [0.15, 0.2) is 76.2 Å². The summed E-state index contributed by atoms with van der Waals surface area (Å²) in [5.41, 5.74) is 2.16. The second-order valence-corrected chi connectivity index (χ2v) is 10.4. The standard InChI is InChI=1S/C25H19BrClN3O4S/c26-16-2-6-18(7-3-16)28-24(32)22-12-23(31)30(13-15-1-10-20-21(11-15)34-14-33-20)25(35-22)29-19-8-4-17(27)5-9-19/h1-11,22H,12-14H2,(H,28,32). The zero-order valence-electron chi connectivity index (χ0n) is 18.2. The molecular weight excluding hydrogens is 554 g/mol. The Morgan fingerprint density at radius 2 is 1.83 bits per heavy atom. The van der Waals surface area contributed by atoms with E-state index in [-0.39, 0.29) is 31.6 Å². The van der Waals surface area contributed by atoms with Gasteiger partial charge in [0.05, 0.1) is 12.2 Å². The second kappa shape index (κ2) is 10.3. The van der Waals surface area contributed by atoms with Crippen molar-refractivity contribution in [1.82, 2.24) is 4.90 Å². The normalized spacial score (nSPS) is 18.1. The molecule has 10 heteroatoms. The molecule has 0 aromatic heterocycles. The summed E-state index contributed by atoms with van der Waals surface area (Å²) < 4.78 is 11.8. The van der Waals surface area contributed by atoms with Crippen molar-refractivity contribution in [2.24, 2.45) is 4.99 Å². The van der Waals surface area contributed by atoms with Crippen LogP contribution in [0.25, 0.3) is 0 Å². The van der Waals surface area contributed by atoms with Crippen molar-refractivity contribution in [2.45, 2.75) is 18.2 Å². The maximum Gasteiger partial charge on any atom is 0.238 e. The Bertz CT molecular complexity index is 1300. The minimum atomic E-state index is -0.620. The van der Waals surface area contributed by atoms with Gasteiger partial charge in [0.25, 0.3) is 0 Å². The first kappa shape index (κ1) is 23.7. The number of amidine groups is 1. The molecule has 1 N–H and O–H groups in total. The van der Waals surface area contributed by atoms with E-state index in [1.165, 1.54) is 11.8 Å². The molecule has 7 nitrogen and oxygen atoms in total. The molecular formula is C25H19BrClN3O4S. The van der Waals surface area contributed by atoms with Crippen LogP contribution in [0, 0.1) is 0 Å². The van der Waals surface area contributed by atoms with E-state index in [0.29, 0.717) is 33.1 Å². The molecule has 3 aromatic rings. The largest absolute Gasteiger partial charge is 0.454 e. The monoisotopic (exact) mass is 571 g/mol. The third kappa shape index (κ3) is 5.63. The van der Waals surface area contributed by atoms with Crippen molar-refractivity contribution in [1.29, 1.82) is 0 Å². The van der Waals surface area contributed by atoms with E-state index in [9.17, 15) is 9.59 Å². The summed E-state index contributed by atoms with van der Waals surface area (Å²) >= 11 is 10.7. The van der Waals surface area contributed by atoms with Crippen LogP contribution >= 0.6 is 39.3 Å². The molecule has 1 atom stereocenters. The Morgan fingerprint density at radius 3 is 2.60 bits per heavy atom. The zero-order valence-corrected chi connectivity index (χ0v) is 21.4. The van der Waals surface area contributed by atoms with Crippen molar-refractivity contribution in [2.75, 3.05) is 12.1 Å². The van der Waals surface area contributed by atoms with E-state index < -0.39 is 5.25 Å². The van der Waals surface area contributed by atoms with Gasteiger partial charge >= 0.3 is 0 Å². The first-order chi connectivity index (χ1) is 16.9. The van der Waals surface area contributed by atoms with Crippen molar-refractivity contribution in [3.05, 3.63) is 81.8 Å². The second-order valence-electron chi connectivity index (χ2n) is 7.85. The van der Waals surface area contributed by atoms with Crippen LogP contribution in [0.4, 0.5) is 11.4 Å². The van der Waals surface area contributed by atoms with Gasteiger partial charge in [-0.2, -0.15) is 0 Å². The average Bonchev–Trinajstić information content (AvgIpc) is 3.32. The Kier molecular flexibility index (Phi) is 6.99. The molecule has 0 spiro atoms. The smallest absolute Gasteiger partial charge is 0.238 e. The zero-order chi connectivity index (χ0) is 24.4. The summed E-state index contributed by atoms with van der Waals surface area (Å²) in [4.78, 5) is 32.6. The summed E-state index contributed by atoms with van der Waals surface area (Å²) in [6, 6.07) is 19.8. The van der Waals surface area contributed by atoms with Gasteiger partial charge in [-0.1, -0.05) is 45.4 Å². The summed E-state index contributed by atoms with van der Waals surface area (Å²) in [6.07, 6.45) is 0.0528. The lowest BCUT2D eigenvalue weighted by Gasteiger charge is -2.32. The number of thioether (sulfide) groups is 1. The molecule has 178 valence electrons. The number of aliphatic imine (C=N–C) groups is 1. The van der Waals surface area contributed by atoms with Gasteiger partial charge < -0.3 is 14.8 Å². The summed E-state index contributed by atoms with van der Waals surface area (Å²) in [5, 5.41) is 3.30. The average molecular weight is 573 g/mol. The Hall–Kier alpha value is -3.01. The fourth-order valence-electron chi connectivity index (χ4n) is 3.60. The number of amides is 2. The summed E-state index contributed by atoms with van der Waals surface area (Å²) in [7, 11) is 0. The number of nitrogens with zero attached hydrogens (tertiary/aromatic N) is 2. The van der Waals surface area contributed by atoms with Crippen molar-refractivity contribution >= 4 is 67.6 Å². The maximum atomic E-state index is 13.3. The van der Waals surface area contributed by atoms with Crippen LogP contribution in [0.3, 0.4) is 0 Å². The van der Waals surface area contributed by atoms with Gasteiger partial charge in [-0.25, -0.2) is 4.99 Å². The van der Waals surface area contributed by atoms with Crippen molar-refractivity contribution in [3.63, 3.8) is 0 Å². The highest BCUT2D eigenvalue weighted by atomic mass is 79.9. The van der Waals surface area contributed by atoms with Crippen molar-refractivity contribution in [3.8, 4) is 11.5 Å². The molecule has 2 aliphatic rings. The predicted molar refractivity (Wildman–Crippen MR) is 140 cm³/mol. The number of hydrogen-bond donors (Lipinski definition) is 1. The fourth-order valence-corrected chi connectivity index (χ4v) is 5.09. The number of benzene rings is 3. The fraction of sp³-hybridized carbons (Fsp3) is 0.160. The van der Waals surface area contributed by atoms with Gasteiger partial charge in [0.15, 0.2) is 16.7 Å². The number of halogens is 2. The molecule has 3 aromatic carbocycles. The molecule has 2 aliphatic heterocycles. The summed E-state index contributed by atoms with van der Waals surface area (Å²) in [6.45, 7) is 0.464. The van der Waals surface area contributed by atoms with E-state index >= 15 is 0 Å². The number of anilines is 1. The molecule has 1 saturated heterocycles. The van der Waals surface area contributed by atoms with Crippen LogP contribution in [-0.4, -0.2) is 33.9 Å². The Morgan fingerprint density at radius 1 is 1.09 bits per heavy atom. The number of carbonyl (C=O) groups excluding carboxylic acids is 2. The van der Waals surface area contributed by atoms with Crippen LogP contribution in [-0.2, 0) is 16.1 Å². The van der Waals surface area contributed by atoms with E-state index in [1.807, 2.05) is 30.3 Å². The Balaban J connectivity index is 1.40. The van der Waals surface area contributed by atoms with Gasteiger partial charge in [-0.3, -0.25) is 14.5 Å². The lowest BCUT2D eigenvalue weighted by molar-refractivity contribution is -0.129. The van der Waals surface area contributed by atoms with Crippen LogP contribution in [0.5, 0.6) is 11.5 Å². The lowest BCUT2D eigenvalue weighted by Crippen LogP contribution is -2.44. The van der Waals surface area contributed by atoms with E-state index in [4.69, 9.17) is 26.1 Å². The third-order valence-electron chi connectivity index (χ3n) is 5.37. The van der Waals surface area contributed by atoms with E-state index in [2.05, 4.69) is 21.2 Å². The number of rotatable bonds is 5. The lowest BCUT2D eigenvalue weighted by atomic mass is 10.1. The highest BCUT2D eigenvalue weighted by Gasteiger charge is 2.36. The molecule has 5 rings (SSSR count). The number of ether oxygens (including phenoxy) is 2. The highest BCUT2D eigenvalue weighted by Crippen LogP contribution is 2.35. The maximum absolute atomic E-state index is 13.3. The highest BCUT2D eigenvalue weighted by molar-refractivity contribution is 9.10. The quantitative estimate of drug-likeness (QED) is 0.406. The predicted octanol–water partition coefficient (Wildman–Crippen LogP) is 5.99. The van der Waals surface area contributed by atoms with Gasteiger partial charge in [0.1, 0.15) is 5.25 Å². The van der Waals surface area contributed by atoms with E-state index in [0.717, 1.165) is 10.0 Å². The Labute approximate surface area is 219 Å². The molecule has 2 heterocycles. The third-order valence-corrected chi connectivity index (χ3v) is 7.34. The number of hydrogen-bond acceptors (Lipinski definition) is 6. The van der Waals surface area contributed by atoms with Crippen LogP contribution in [0.1, 0.15) is 12.0 Å². The first-order valence-electron chi connectivity index (χ1n) is 10.7. The molecule has 0 saturated carbocycles. The minimum Gasteiger partial charge on any atom is -0.454 e. The molecule has 0 bridgehead atoms. The van der Waals surface area contributed by atoms with Gasteiger partial charge in [-0.15, -0.1) is 0 Å². The molecule has 2 amide bonds. The van der Waals surface area contributed by atoms with E-state index in [1.54, 1.807) is 41.3 Å². The van der Waals surface area contributed by atoms with Gasteiger partial charge in [-0.05, 0) is 66.2 Å². The molecule has 35 heavy (non-hydrogen) atoms. The van der Waals surface area contributed by atoms with Gasteiger partial charge in [0, 0.05) is 21.6 Å². The minimum absolute atomic E-state index is 0.0528. The number of nitrogens with one attached hydrogen (secondary N) is 1. The number of carbonyl (C=O) groups is 2. The molecule has 0 aliphatic carbocycles. The molecule has 1 unspecified atom stereocenters. The first-order valence-corrected chi connectivity index (χ1v) is 12.8. The topological polar surface area (TPSA) is 80.2 Å². The van der Waals surface area contributed by atoms with Crippen LogP contribution in [0.2, 0.25) is 5.02 Å².